The van der Waals surface area contributed by atoms with Crippen LogP contribution in [0.4, 0.5) is 10.5 Å². The zero-order valence-electron chi connectivity index (χ0n) is 18.5. The first-order valence-corrected chi connectivity index (χ1v) is 10.8. The van der Waals surface area contributed by atoms with Crippen molar-refractivity contribution in [3.8, 4) is 17.2 Å². The molecule has 3 aromatic rings. The number of hydrogen-bond donors (Lipinski definition) is 2. The summed E-state index contributed by atoms with van der Waals surface area (Å²) in [4.78, 5) is 39.3. The van der Waals surface area contributed by atoms with Crippen LogP contribution in [-0.4, -0.2) is 36.4 Å². The van der Waals surface area contributed by atoms with Gasteiger partial charge in [0, 0.05) is 5.02 Å². The minimum absolute atomic E-state index is 0.297. The van der Waals surface area contributed by atoms with E-state index in [0.29, 0.717) is 33.5 Å². The second kappa shape index (κ2) is 9.44. The van der Waals surface area contributed by atoms with Crippen LogP contribution in [0.15, 0.2) is 72.8 Å². The zero-order chi connectivity index (χ0) is 24.3. The summed E-state index contributed by atoms with van der Waals surface area (Å²) in [5.74, 6) is 0.441. The van der Waals surface area contributed by atoms with Crippen LogP contribution in [0.3, 0.4) is 0 Å². The average Bonchev–Trinajstić information content (AvgIpc) is 3.05. The van der Waals surface area contributed by atoms with Crippen molar-refractivity contribution < 1.29 is 23.9 Å². The van der Waals surface area contributed by atoms with Crippen molar-refractivity contribution >= 4 is 35.1 Å². The number of imide groups is 1. The summed E-state index contributed by atoms with van der Waals surface area (Å²) in [7, 11) is 1.57. The number of nitrogens with zero attached hydrogens (tertiary/aromatic N) is 1. The van der Waals surface area contributed by atoms with Gasteiger partial charge in [0.2, 0.25) is 5.91 Å². The van der Waals surface area contributed by atoms with Gasteiger partial charge in [-0.25, -0.2) is 4.79 Å². The van der Waals surface area contributed by atoms with Crippen LogP contribution in [0, 0.1) is 0 Å². The van der Waals surface area contributed by atoms with Crippen molar-refractivity contribution in [3.05, 3.63) is 83.4 Å². The molecule has 1 aliphatic rings. The largest absolute Gasteiger partial charge is 0.497 e. The van der Waals surface area contributed by atoms with E-state index < -0.39 is 29.9 Å². The molecular weight excluding hydrogens is 458 g/mol. The second-order valence-corrected chi connectivity index (χ2v) is 8.22. The summed E-state index contributed by atoms with van der Waals surface area (Å²) in [6.45, 7) is 1.14. The predicted octanol–water partition coefficient (Wildman–Crippen LogP) is 4.55. The van der Waals surface area contributed by atoms with E-state index in [9.17, 15) is 14.4 Å². The van der Waals surface area contributed by atoms with Gasteiger partial charge >= 0.3 is 6.03 Å². The Hall–Kier alpha value is -4.04. The Kier molecular flexibility index (Phi) is 6.43. The molecule has 0 saturated carbocycles. The van der Waals surface area contributed by atoms with Gasteiger partial charge in [0.1, 0.15) is 23.6 Å². The molecule has 2 N–H and O–H groups in total. The van der Waals surface area contributed by atoms with Crippen molar-refractivity contribution in [1.82, 2.24) is 10.2 Å². The van der Waals surface area contributed by atoms with Gasteiger partial charge < -0.3 is 20.1 Å². The normalized spacial score (nSPS) is 17.3. The lowest BCUT2D eigenvalue weighted by Gasteiger charge is -2.22. The third-order valence-corrected chi connectivity index (χ3v) is 5.67. The number of halogens is 1. The quantitative estimate of drug-likeness (QED) is 0.485. The zero-order valence-corrected chi connectivity index (χ0v) is 19.3. The second-order valence-electron chi connectivity index (χ2n) is 7.78. The fourth-order valence-corrected chi connectivity index (χ4v) is 3.77. The molecule has 1 aliphatic heterocycles. The van der Waals surface area contributed by atoms with E-state index in [4.69, 9.17) is 21.1 Å². The molecule has 0 radical (unpaired) electrons. The first-order valence-electron chi connectivity index (χ1n) is 10.4. The van der Waals surface area contributed by atoms with Crippen molar-refractivity contribution in [2.45, 2.75) is 12.5 Å². The van der Waals surface area contributed by atoms with Gasteiger partial charge in [0.25, 0.3) is 5.91 Å². The minimum atomic E-state index is -1.25. The number of methoxy groups -OCH3 is 1. The standard InChI is InChI=1S/C25H22ClN3O5/c1-25(16-6-4-3-5-7-16)23(31)29(24(32)28-25)15-22(30)27-20-14-17(26)8-13-21(20)34-19-11-9-18(33-2)10-12-19/h3-14H,15H2,1-2H3,(H,27,30)(H,28,32). The van der Waals surface area contributed by atoms with Crippen LogP contribution >= 0.6 is 11.6 Å². The van der Waals surface area contributed by atoms with Gasteiger partial charge in [0.15, 0.2) is 5.75 Å². The molecule has 4 rings (SSSR count). The van der Waals surface area contributed by atoms with Gasteiger partial charge in [0.05, 0.1) is 12.8 Å². The Balaban J connectivity index is 1.49. The summed E-state index contributed by atoms with van der Waals surface area (Å²) >= 11 is 6.11. The van der Waals surface area contributed by atoms with E-state index in [-0.39, 0.29) is 0 Å². The summed E-state index contributed by atoms with van der Waals surface area (Å²) in [6.07, 6.45) is 0. The summed E-state index contributed by atoms with van der Waals surface area (Å²) in [5, 5.41) is 5.74. The molecule has 9 heteroatoms. The average molecular weight is 480 g/mol. The van der Waals surface area contributed by atoms with E-state index in [1.807, 2.05) is 6.07 Å². The number of nitrogens with one attached hydrogen (secondary N) is 2. The van der Waals surface area contributed by atoms with Crippen LogP contribution in [0.25, 0.3) is 0 Å². The Morgan fingerprint density at radius 2 is 1.71 bits per heavy atom. The van der Waals surface area contributed by atoms with E-state index >= 15 is 0 Å². The molecule has 4 amide bonds. The summed E-state index contributed by atoms with van der Waals surface area (Å²) in [5.41, 5.74) is -0.329. The molecule has 34 heavy (non-hydrogen) atoms. The number of carbonyl (C=O) groups is 3. The highest BCUT2D eigenvalue weighted by molar-refractivity contribution is 6.31. The van der Waals surface area contributed by atoms with Crippen molar-refractivity contribution in [1.29, 1.82) is 0 Å². The number of carbonyl (C=O) groups excluding carboxylic acids is 3. The third kappa shape index (κ3) is 4.67. The maximum Gasteiger partial charge on any atom is 0.325 e. The first-order chi connectivity index (χ1) is 16.3. The number of benzene rings is 3. The Morgan fingerprint density at radius 3 is 2.38 bits per heavy atom. The van der Waals surface area contributed by atoms with E-state index in [0.717, 1.165) is 4.90 Å². The minimum Gasteiger partial charge on any atom is -0.497 e. The molecule has 0 spiro atoms. The van der Waals surface area contributed by atoms with Crippen molar-refractivity contribution in [3.63, 3.8) is 0 Å². The highest BCUT2D eigenvalue weighted by Gasteiger charge is 2.49. The number of ether oxygens (including phenoxy) is 2. The number of rotatable bonds is 7. The lowest BCUT2D eigenvalue weighted by molar-refractivity contribution is -0.133. The smallest absolute Gasteiger partial charge is 0.325 e. The Bertz CT molecular complexity index is 1230. The molecule has 0 aromatic heterocycles. The number of anilines is 1. The lowest BCUT2D eigenvalue weighted by Crippen LogP contribution is -2.42. The number of urea groups is 1. The highest BCUT2D eigenvalue weighted by Crippen LogP contribution is 2.33. The Morgan fingerprint density at radius 1 is 1.03 bits per heavy atom. The lowest BCUT2D eigenvalue weighted by atomic mass is 9.92. The fraction of sp³-hybridized carbons (Fsp3) is 0.160. The van der Waals surface area contributed by atoms with Crippen LogP contribution in [-0.2, 0) is 15.1 Å². The predicted molar refractivity (Wildman–Crippen MR) is 127 cm³/mol. The molecule has 8 nitrogen and oxygen atoms in total. The fourth-order valence-electron chi connectivity index (χ4n) is 3.60. The maximum absolute atomic E-state index is 13.0. The van der Waals surface area contributed by atoms with Crippen molar-refractivity contribution in [2.24, 2.45) is 0 Å². The van der Waals surface area contributed by atoms with Crippen LogP contribution in [0.2, 0.25) is 5.02 Å². The Labute approximate surface area is 201 Å². The SMILES string of the molecule is COc1ccc(Oc2ccc(Cl)cc2NC(=O)CN2C(=O)NC(C)(c3ccccc3)C2=O)cc1. The molecule has 3 aromatic carbocycles. The van der Waals surface area contributed by atoms with Crippen molar-refractivity contribution in [2.75, 3.05) is 19.0 Å². The van der Waals surface area contributed by atoms with Gasteiger partial charge in [-0.15, -0.1) is 0 Å². The number of hydrogen-bond acceptors (Lipinski definition) is 5. The van der Waals surface area contributed by atoms with Gasteiger partial charge in [-0.1, -0.05) is 41.9 Å². The van der Waals surface area contributed by atoms with Crippen LogP contribution in [0.1, 0.15) is 12.5 Å². The monoisotopic (exact) mass is 479 g/mol. The molecule has 1 atom stereocenters. The summed E-state index contributed by atoms with van der Waals surface area (Å²) in [6, 6.07) is 19.9. The van der Waals surface area contributed by atoms with Crippen LogP contribution in [0.5, 0.6) is 17.2 Å². The first kappa shape index (κ1) is 23.1. The molecule has 1 fully saturated rings. The topological polar surface area (TPSA) is 97.0 Å². The summed E-state index contributed by atoms with van der Waals surface area (Å²) < 4.78 is 11.0. The van der Waals surface area contributed by atoms with Gasteiger partial charge in [-0.3, -0.25) is 14.5 Å². The van der Waals surface area contributed by atoms with Gasteiger partial charge in [-0.2, -0.15) is 0 Å². The maximum atomic E-state index is 13.0. The molecule has 0 aliphatic carbocycles. The molecule has 1 saturated heterocycles. The highest BCUT2D eigenvalue weighted by atomic mass is 35.5. The molecule has 174 valence electrons. The van der Waals surface area contributed by atoms with E-state index in [2.05, 4.69) is 10.6 Å². The molecule has 1 unspecified atom stereocenters. The molecular formula is C25H22ClN3O5. The molecule has 0 bridgehead atoms. The van der Waals surface area contributed by atoms with Gasteiger partial charge in [-0.05, 0) is 55.0 Å². The molecule has 1 heterocycles. The third-order valence-electron chi connectivity index (χ3n) is 5.43. The van der Waals surface area contributed by atoms with Crippen LogP contribution < -0.4 is 20.1 Å². The van der Waals surface area contributed by atoms with E-state index in [1.54, 1.807) is 74.7 Å². The van der Waals surface area contributed by atoms with E-state index in [1.165, 1.54) is 6.07 Å². The number of amides is 4.